The molecule has 5 rings (SSSR count). The van der Waals surface area contributed by atoms with Crippen LogP contribution in [0.1, 0.15) is 33.7 Å². The Morgan fingerprint density at radius 3 is 2.55 bits per heavy atom. The minimum Gasteiger partial charge on any atom is -0.463 e. The van der Waals surface area contributed by atoms with Crippen LogP contribution >= 0.6 is 11.6 Å². The summed E-state index contributed by atoms with van der Waals surface area (Å²) in [5.74, 6) is 1.34. The van der Waals surface area contributed by atoms with Gasteiger partial charge in [-0.1, -0.05) is 41.9 Å². The summed E-state index contributed by atoms with van der Waals surface area (Å²) in [4.78, 5) is 17.7. The molecule has 0 aliphatic carbocycles. The lowest BCUT2D eigenvalue weighted by atomic mass is 10.1. The highest BCUT2D eigenvalue weighted by atomic mass is 35.5. The monoisotopic (exact) mass is 458 g/mol. The third kappa shape index (κ3) is 4.28. The number of hydrogen-bond donors (Lipinski definition) is 2. The van der Waals surface area contributed by atoms with Crippen LogP contribution in [-0.4, -0.2) is 30.9 Å². The van der Waals surface area contributed by atoms with Gasteiger partial charge in [0.1, 0.15) is 17.6 Å². The van der Waals surface area contributed by atoms with Crippen molar-refractivity contribution < 1.29 is 9.21 Å². The lowest BCUT2D eigenvalue weighted by Gasteiger charge is -2.15. The molecule has 0 saturated heterocycles. The second-order valence-corrected chi connectivity index (χ2v) is 7.81. The summed E-state index contributed by atoms with van der Waals surface area (Å²) in [7, 11) is 0. The molecule has 3 heterocycles. The Bertz CT molecular complexity index is 1370. The summed E-state index contributed by atoms with van der Waals surface area (Å²) >= 11 is 6.04. The summed E-state index contributed by atoms with van der Waals surface area (Å²) in [5, 5.41) is 15.3. The van der Waals surface area contributed by atoms with Gasteiger partial charge in [-0.3, -0.25) is 9.89 Å². The second-order valence-electron chi connectivity index (χ2n) is 7.38. The van der Waals surface area contributed by atoms with Crippen LogP contribution in [0.2, 0.25) is 5.02 Å². The van der Waals surface area contributed by atoms with Crippen molar-refractivity contribution in [3.8, 4) is 17.1 Å². The van der Waals surface area contributed by atoms with E-state index in [2.05, 4.69) is 25.6 Å². The summed E-state index contributed by atoms with van der Waals surface area (Å²) < 4.78 is 7.23. The highest BCUT2D eigenvalue weighted by molar-refractivity contribution is 6.30. The Kier molecular flexibility index (Phi) is 5.50. The van der Waals surface area contributed by atoms with E-state index in [0.717, 1.165) is 11.3 Å². The topological polar surface area (TPSA) is 102 Å². The number of aromatic amines is 1. The second kappa shape index (κ2) is 8.76. The van der Waals surface area contributed by atoms with Crippen molar-refractivity contribution >= 4 is 17.5 Å². The first-order valence-electron chi connectivity index (χ1n) is 10.2. The maximum absolute atomic E-state index is 13.3. The predicted molar refractivity (Wildman–Crippen MR) is 123 cm³/mol. The summed E-state index contributed by atoms with van der Waals surface area (Å²) in [6.07, 6.45) is 1.57. The van der Waals surface area contributed by atoms with Crippen LogP contribution in [0.4, 0.5) is 0 Å². The van der Waals surface area contributed by atoms with Crippen molar-refractivity contribution in [1.82, 2.24) is 30.3 Å². The van der Waals surface area contributed by atoms with Gasteiger partial charge in [0.15, 0.2) is 17.3 Å². The lowest BCUT2D eigenvalue weighted by molar-refractivity contribution is 0.0936. The molecule has 2 aromatic carbocycles. The summed E-state index contributed by atoms with van der Waals surface area (Å²) in [6, 6.07) is 21.5. The van der Waals surface area contributed by atoms with Crippen LogP contribution < -0.4 is 5.32 Å². The number of nitrogens with one attached hydrogen (secondary N) is 2. The van der Waals surface area contributed by atoms with E-state index in [4.69, 9.17) is 16.0 Å². The van der Waals surface area contributed by atoms with Gasteiger partial charge in [-0.05, 0) is 48.9 Å². The van der Waals surface area contributed by atoms with E-state index in [1.807, 2.05) is 55.5 Å². The van der Waals surface area contributed by atoms with Gasteiger partial charge in [-0.15, -0.1) is 0 Å². The Balaban J connectivity index is 1.52. The first kappa shape index (κ1) is 20.7. The summed E-state index contributed by atoms with van der Waals surface area (Å²) in [5.41, 5.74) is 2.46. The van der Waals surface area contributed by atoms with Gasteiger partial charge in [0, 0.05) is 11.1 Å². The largest absolute Gasteiger partial charge is 0.463 e. The fourth-order valence-corrected chi connectivity index (χ4v) is 3.63. The van der Waals surface area contributed by atoms with Gasteiger partial charge in [0.25, 0.3) is 5.91 Å². The highest BCUT2D eigenvalue weighted by Gasteiger charge is 2.24. The van der Waals surface area contributed by atoms with Crippen molar-refractivity contribution in [2.24, 2.45) is 0 Å². The average Bonchev–Trinajstić information content (AvgIpc) is 3.59. The zero-order chi connectivity index (χ0) is 22.8. The first-order valence-corrected chi connectivity index (χ1v) is 10.6. The molecule has 0 saturated carbocycles. The van der Waals surface area contributed by atoms with E-state index >= 15 is 0 Å². The molecule has 1 amide bonds. The Labute approximate surface area is 194 Å². The number of aryl methyl sites for hydroxylation is 1. The predicted octanol–water partition coefficient (Wildman–Crippen LogP) is 4.73. The van der Waals surface area contributed by atoms with E-state index in [0.29, 0.717) is 28.1 Å². The standard InChI is InChI=1S/C24H19ClN6O2/c1-15-26-23(29-28-15)22(16-6-3-2-4-7-16)27-24(32)19-14-20(21-8-5-13-33-21)31(30-19)18-11-9-17(25)10-12-18/h2-14,22H,1H3,(H,27,32)(H,26,28,29). The van der Waals surface area contributed by atoms with Crippen molar-refractivity contribution in [3.05, 3.63) is 107 Å². The molecular weight excluding hydrogens is 440 g/mol. The van der Waals surface area contributed by atoms with E-state index in [1.54, 1.807) is 35.2 Å². The number of hydrogen-bond acceptors (Lipinski definition) is 5. The third-order valence-corrected chi connectivity index (χ3v) is 5.32. The first-order chi connectivity index (χ1) is 16.1. The van der Waals surface area contributed by atoms with Crippen LogP contribution in [0.25, 0.3) is 17.1 Å². The smallest absolute Gasteiger partial charge is 0.272 e. The zero-order valence-corrected chi connectivity index (χ0v) is 18.3. The number of rotatable bonds is 6. The Hall–Kier alpha value is -4.17. The molecule has 33 heavy (non-hydrogen) atoms. The van der Waals surface area contributed by atoms with Crippen molar-refractivity contribution in [1.29, 1.82) is 0 Å². The van der Waals surface area contributed by atoms with Crippen LogP contribution in [0, 0.1) is 6.92 Å². The van der Waals surface area contributed by atoms with Gasteiger partial charge in [0.2, 0.25) is 0 Å². The van der Waals surface area contributed by atoms with Gasteiger partial charge in [0.05, 0.1) is 12.0 Å². The third-order valence-electron chi connectivity index (χ3n) is 5.07. The number of carbonyl (C=O) groups is 1. The van der Waals surface area contributed by atoms with Crippen LogP contribution in [0.15, 0.2) is 83.5 Å². The lowest BCUT2D eigenvalue weighted by Crippen LogP contribution is -2.30. The number of nitrogens with zero attached hydrogens (tertiary/aromatic N) is 4. The quantitative estimate of drug-likeness (QED) is 0.383. The van der Waals surface area contributed by atoms with Crippen LogP contribution in [-0.2, 0) is 0 Å². The fraction of sp³-hybridized carbons (Fsp3) is 0.0833. The van der Waals surface area contributed by atoms with Crippen molar-refractivity contribution in [2.75, 3.05) is 0 Å². The Morgan fingerprint density at radius 2 is 1.88 bits per heavy atom. The number of carbonyl (C=O) groups excluding carboxylic acids is 1. The Morgan fingerprint density at radius 1 is 1.09 bits per heavy atom. The number of halogens is 1. The van der Waals surface area contributed by atoms with Crippen molar-refractivity contribution in [3.63, 3.8) is 0 Å². The maximum Gasteiger partial charge on any atom is 0.272 e. The van der Waals surface area contributed by atoms with Gasteiger partial charge in [-0.25, -0.2) is 9.67 Å². The van der Waals surface area contributed by atoms with E-state index in [-0.39, 0.29) is 11.6 Å². The highest BCUT2D eigenvalue weighted by Crippen LogP contribution is 2.26. The molecule has 0 fully saturated rings. The molecule has 1 unspecified atom stereocenters. The minimum atomic E-state index is -0.545. The molecule has 3 aromatic heterocycles. The fourth-order valence-electron chi connectivity index (χ4n) is 3.51. The number of aromatic nitrogens is 5. The molecule has 164 valence electrons. The van der Waals surface area contributed by atoms with E-state index in [9.17, 15) is 4.79 Å². The molecule has 9 heteroatoms. The normalized spacial score (nSPS) is 11.9. The molecule has 0 radical (unpaired) electrons. The number of benzene rings is 2. The van der Waals surface area contributed by atoms with Gasteiger partial charge < -0.3 is 9.73 Å². The summed E-state index contributed by atoms with van der Waals surface area (Å²) in [6.45, 7) is 1.81. The molecule has 1 atom stereocenters. The molecule has 2 N–H and O–H groups in total. The molecule has 0 spiro atoms. The number of H-pyrrole nitrogens is 1. The van der Waals surface area contributed by atoms with Crippen LogP contribution in [0.3, 0.4) is 0 Å². The molecule has 0 aliphatic rings. The SMILES string of the molecule is Cc1nc(C(NC(=O)c2cc(-c3ccco3)n(-c3ccc(Cl)cc3)n2)c2ccccc2)n[nH]1. The van der Waals surface area contributed by atoms with Gasteiger partial charge >= 0.3 is 0 Å². The maximum atomic E-state index is 13.3. The molecule has 0 bridgehead atoms. The molecular formula is C24H19ClN6O2. The zero-order valence-electron chi connectivity index (χ0n) is 17.6. The van der Waals surface area contributed by atoms with Crippen LogP contribution in [0.5, 0.6) is 0 Å². The van der Waals surface area contributed by atoms with Gasteiger partial charge in [-0.2, -0.15) is 10.2 Å². The molecule has 0 aliphatic heterocycles. The number of amides is 1. The average molecular weight is 459 g/mol. The van der Waals surface area contributed by atoms with E-state index < -0.39 is 6.04 Å². The van der Waals surface area contributed by atoms with E-state index in [1.165, 1.54) is 0 Å². The molecule has 8 nitrogen and oxygen atoms in total. The van der Waals surface area contributed by atoms with Crippen molar-refractivity contribution in [2.45, 2.75) is 13.0 Å². The minimum absolute atomic E-state index is 0.226. The molecule has 5 aromatic rings. The number of furan rings is 1.